The molecule has 1 fully saturated rings. The number of aliphatic hydroxyl groups is 1. The Morgan fingerprint density at radius 3 is 2.55 bits per heavy atom. The molecule has 3 aromatic rings. The summed E-state index contributed by atoms with van der Waals surface area (Å²) in [7, 11) is 0. The Hall–Kier alpha value is -2.87. The first kappa shape index (κ1) is 21.4. The molecule has 0 spiro atoms. The highest BCUT2D eigenvalue weighted by Crippen LogP contribution is 2.21. The van der Waals surface area contributed by atoms with E-state index in [9.17, 15) is 5.11 Å². The molecule has 7 heteroatoms. The number of ether oxygens (including phenoxy) is 1. The minimum Gasteiger partial charge on any atom is -0.424 e. The van der Waals surface area contributed by atoms with Gasteiger partial charge in [-0.2, -0.15) is 0 Å². The smallest absolute Gasteiger partial charge is 0.321 e. The molecule has 1 aliphatic heterocycles. The van der Waals surface area contributed by atoms with Crippen molar-refractivity contribution in [2.45, 2.75) is 32.5 Å². The van der Waals surface area contributed by atoms with Crippen molar-refractivity contribution in [1.82, 2.24) is 24.8 Å². The Kier molecular flexibility index (Phi) is 7.19. The van der Waals surface area contributed by atoms with Gasteiger partial charge in [0.15, 0.2) is 0 Å². The summed E-state index contributed by atoms with van der Waals surface area (Å²) in [5.41, 5.74) is 3.37. The summed E-state index contributed by atoms with van der Waals surface area (Å²) in [6.45, 7) is 6.81. The molecule has 4 rings (SSSR count). The molecule has 31 heavy (non-hydrogen) atoms. The first-order valence-electron chi connectivity index (χ1n) is 10.7. The number of aliphatic hydroxyl groups excluding tert-OH is 1. The van der Waals surface area contributed by atoms with Crippen LogP contribution in [0.3, 0.4) is 0 Å². The van der Waals surface area contributed by atoms with Crippen molar-refractivity contribution in [3.8, 4) is 11.8 Å². The van der Waals surface area contributed by atoms with Crippen molar-refractivity contribution in [2.75, 3.05) is 26.2 Å². The number of nitrogens with zero attached hydrogens (tertiary/aromatic N) is 5. The number of piperazine rings is 1. The Labute approximate surface area is 183 Å². The standard InChI is InChI=1S/C24H29N5O2/c1-19-4-2-5-21(27-19)17-29-14-13-28(18-22(29)10-15-30)16-20-6-8-23(9-7-20)31-24-25-11-3-12-26-24/h2-9,11-12,22,30H,10,13-18H2,1H3/t22-/m1/s1. The lowest BCUT2D eigenvalue weighted by atomic mass is 10.1. The van der Waals surface area contributed by atoms with Gasteiger partial charge in [-0.3, -0.25) is 14.8 Å². The molecular formula is C24H29N5O2. The van der Waals surface area contributed by atoms with Crippen molar-refractivity contribution >= 4 is 0 Å². The summed E-state index contributed by atoms with van der Waals surface area (Å²) in [5, 5.41) is 9.59. The summed E-state index contributed by atoms with van der Waals surface area (Å²) in [5.74, 6) is 0.726. The highest BCUT2D eigenvalue weighted by atomic mass is 16.5. The number of aryl methyl sites for hydroxylation is 1. The third kappa shape index (κ3) is 6.07. The number of benzene rings is 1. The van der Waals surface area contributed by atoms with Gasteiger partial charge in [0.2, 0.25) is 0 Å². The number of rotatable bonds is 8. The summed E-state index contributed by atoms with van der Waals surface area (Å²) in [6.07, 6.45) is 4.09. The molecule has 0 amide bonds. The van der Waals surface area contributed by atoms with E-state index in [1.54, 1.807) is 18.5 Å². The highest BCUT2D eigenvalue weighted by Gasteiger charge is 2.27. The lowest BCUT2D eigenvalue weighted by Gasteiger charge is -2.41. The monoisotopic (exact) mass is 419 g/mol. The molecule has 1 aliphatic rings. The molecule has 1 aromatic carbocycles. The van der Waals surface area contributed by atoms with Crippen LogP contribution in [0, 0.1) is 6.92 Å². The van der Waals surface area contributed by atoms with Gasteiger partial charge in [0.1, 0.15) is 5.75 Å². The van der Waals surface area contributed by atoms with E-state index in [-0.39, 0.29) is 6.61 Å². The zero-order valence-electron chi connectivity index (χ0n) is 17.9. The molecule has 0 radical (unpaired) electrons. The van der Waals surface area contributed by atoms with Crippen LogP contribution < -0.4 is 4.74 Å². The van der Waals surface area contributed by atoms with Gasteiger partial charge >= 0.3 is 6.01 Å². The minimum absolute atomic E-state index is 0.198. The fraction of sp³-hybridized carbons (Fsp3) is 0.375. The van der Waals surface area contributed by atoms with Crippen LogP contribution in [-0.4, -0.2) is 62.1 Å². The van der Waals surface area contributed by atoms with Gasteiger partial charge in [-0.15, -0.1) is 0 Å². The fourth-order valence-corrected chi connectivity index (χ4v) is 3.99. The predicted octanol–water partition coefficient (Wildman–Crippen LogP) is 3.04. The topological polar surface area (TPSA) is 74.6 Å². The predicted molar refractivity (Wildman–Crippen MR) is 119 cm³/mol. The van der Waals surface area contributed by atoms with Crippen molar-refractivity contribution in [2.24, 2.45) is 0 Å². The molecular weight excluding hydrogens is 390 g/mol. The maximum atomic E-state index is 9.59. The molecule has 3 heterocycles. The maximum absolute atomic E-state index is 9.59. The van der Waals surface area contributed by atoms with E-state index in [0.717, 1.165) is 56.3 Å². The van der Waals surface area contributed by atoms with E-state index in [4.69, 9.17) is 4.74 Å². The van der Waals surface area contributed by atoms with Crippen LogP contribution in [0.4, 0.5) is 0 Å². The van der Waals surface area contributed by atoms with Crippen molar-refractivity contribution in [3.63, 3.8) is 0 Å². The molecule has 0 aliphatic carbocycles. The van der Waals surface area contributed by atoms with Gasteiger partial charge in [0, 0.05) is 63.5 Å². The second-order valence-electron chi connectivity index (χ2n) is 7.92. The van der Waals surface area contributed by atoms with Crippen molar-refractivity contribution in [3.05, 3.63) is 77.9 Å². The highest BCUT2D eigenvalue weighted by molar-refractivity contribution is 5.29. The minimum atomic E-state index is 0.198. The quantitative estimate of drug-likeness (QED) is 0.601. The number of pyridine rings is 1. The molecule has 7 nitrogen and oxygen atoms in total. The fourth-order valence-electron chi connectivity index (χ4n) is 3.99. The third-order valence-electron chi connectivity index (χ3n) is 5.54. The zero-order chi connectivity index (χ0) is 21.5. The van der Waals surface area contributed by atoms with Crippen molar-refractivity contribution in [1.29, 1.82) is 0 Å². The van der Waals surface area contributed by atoms with E-state index in [1.165, 1.54) is 5.56 Å². The van der Waals surface area contributed by atoms with Crippen molar-refractivity contribution < 1.29 is 9.84 Å². The summed E-state index contributed by atoms with van der Waals surface area (Å²) < 4.78 is 5.68. The van der Waals surface area contributed by atoms with Gasteiger partial charge in [-0.25, -0.2) is 9.97 Å². The lowest BCUT2D eigenvalue weighted by Crippen LogP contribution is -2.52. The first-order valence-corrected chi connectivity index (χ1v) is 10.7. The van der Waals surface area contributed by atoms with Crippen LogP contribution >= 0.6 is 0 Å². The van der Waals surface area contributed by atoms with Gasteiger partial charge in [-0.05, 0) is 49.2 Å². The number of hydrogen-bond donors (Lipinski definition) is 1. The second-order valence-corrected chi connectivity index (χ2v) is 7.92. The first-order chi connectivity index (χ1) is 15.2. The molecule has 0 unspecified atom stereocenters. The second kappa shape index (κ2) is 10.4. The molecule has 2 aromatic heterocycles. The van der Waals surface area contributed by atoms with E-state index < -0.39 is 0 Å². The van der Waals surface area contributed by atoms with E-state index in [2.05, 4.69) is 49.0 Å². The van der Waals surface area contributed by atoms with Gasteiger partial charge in [0.25, 0.3) is 0 Å². The largest absolute Gasteiger partial charge is 0.424 e. The Morgan fingerprint density at radius 1 is 1.00 bits per heavy atom. The third-order valence-corrected chi connectivity index (χ3v) is 5.54. The van der Waals surface area contributed by atoms with Crippen LogP contribution in [0.2, 0.25) is 0 Å². The van der Waals surface area contributed by atoms with Crippen LogP contribution in [0.25, 0.3) is 0 Å². The molecule has 1 saturated heterocycles. The van der Waals surface area contributed by atoms with Crippen LogP contribution in [0.5, 0.6) is 11.8 Å². The summed E-state index contributed by atoms with van der Waals surface area (Å²) in [4.78, 5) is 17.7. The van der Waals surface area contributed by atoms with E-state index in [1.807, 2.05) is 25.1 Å². The normalized spacial score (nSPS) is 17.5. The summed E-state index contributed by atoms with van der Waals surface area (Å²) >= 11 is 0. The Morgan fingerprint density at radius 2 is 1.81 bits per heavy atom. The average Bonchev–Trinajstić information content (AvgIpc) is 2.78. The van der Waals surface area contributed by atoms with Gasteiger partial charge in [-0.1, -0.05) is 18.2 Å². The molecule has 0 bridgehead atoms. The lowest BCUT2D eigenvalue weighted by molar-refractivity contribution is 0.0491. The average molecular weight is 420 g/mol. The molecule has 1 N–H and O–H groups in total. The Balaban J connectivity index is 1.34. The summed E-state index contributed by atoms with van der Waals surface area (Å²) in [6, 6.07) is 16.7. The van der Waals surface area contributed by atoms with E-state index >= 15 is 0 Å². The number of aromatic nitrogens is 3. The van der Waals surface area contributed by atoms with Crippen LogP contribution in [-0.2, 0) is 13.1 Å². The molecule has 162 valence electrons. The zero-order valence-corrected chi connectivity index (χ0v) is 17.9. The number of hydrogen-bond acceptors (Lipinski definition) is 7. The van der Waals surface area contributed by atoms with Crippen LogP contribution in [0.1, 0.15) is 23.4 Å². The molecule has 0 saturated carbocycles. The molecule has 1 atom stereocenters. The SMILES string of the molecule is Cc1cccc(CN2CCN(Cc3ccc(Oc4ncccn4)cc3)C[C@H]2CCO)n1. The Bertz CT molecular complexity index is 952. The van der Waals surface area contributed by atoms with Gasteiger partial charge in [0.05, 0.1) is 5.69 Å². The van der Waals surface area contributed by atoms with Gasteiger partial charge < -0.3 is 9.84 Å². The van der Waals surface area contributed by atoms with Crippen LogP contribution in [0.15, 0.2) is 60.9 Å². The maximum Gasteiger partial charge on any atom is 0.321 e. The van der Waals surface area contributed by atoms with E-state index in [0.29, 0.717) is 12.1 Å².